The molecule has 0 spiro atoms. The quantitative estimate of drug-likeness (QED) is 0.792. The Balaban J connectivity index is 1.94. The standard InChI is InChI=1S/C10H12N6OS/c1-5-12-7(11)4-8(13-5)18-10-15-14-9(17)16(10)6-2-3-6/h4,6H,2-3H2,1H3,(H,14,17)(H2,11,12,13). The number of nitrogens with zero attached hydrogens (tertiary/aromatic N) is 4. The van der Waals surface area contributed by atoms with Crippen LogP contribution in [0.4, 0.5) is 5.82 Å². The Morgan fingerprint density at radius 3 is 2.94 bits per heavy atom. The molecule has 0 aromatic carbocycles. The molecule has 2 heterocycles. The number of H-pyrrole nitrogens is 1. The van der Waals surface area contributed by atoms with Gasteiger partial charge in [-0.1, -0.05) is 0 Å². The average molecular weight is 264 g/mol. The smallest absolute Gasteiger partial charge is 0.344 e. The van der Waals surface area contributed by atoms with Crippen molar-refractivity contribution in [3.8, 4) is 0 Å². The van der Waals surface area contributed by atoms with Crippen molar-refractivity contribution in [2.24, 2.45) is 0 Å². The van der Waals surface area contributed by atoms with Crippen LogP contribution < -0.4 is 11.4 Å². The van der Waals surface area contributed by atoms with Crippen LogP contribution in [0, 0.1) is 6.92 Å². The third-order valence-electron chi connectivity index (χ3n) is 2.61. The first kappa shape index (κ1) is 11.3. The van der Waals surface area contributed by atoms with Crippen LogP contribution in [-0.4, -0.2) is 24.7 Å². The minimum absolute atomic E-state index is 0.168. The van der Waals surface area contributed by atoms with Crippen LogP contribution in [0.5, 0.6) is 0 Å². The van der Waals surface area contributed by atoms with Crippen molar-refractivity contribution >= 4 is 17.6 Å². The predicted molar refractivity (Wildman–Crippen MR) is 66.4 cm³/mol. The monoisotopic (exact) mass is 264 g/mol. The fourth-order valence-electron chi connectivity index (χ4n) is 1.73. The van der Waals surface area contributed by atoms with Gasteiger partial charge in [0.1, 0.15) is 16.7 Å². The van der Waals surface area contributed by atoms with Crippen LogP contribution in [0.3, 0.4) is 0 Å². The molecular formula is C10H12N6OS. The molecule has 1 saturated carbocycles. The fourth-order valence-corrected chi connectivity index (χ4v) is 2.69. The number of nitrogens with two attached hydrogens (primary N) is 1. The number of rotatable bonds is 3. The van der Waals surface area contributed by atoms with Gasteiger partial charge < -0.3 is 5.73 Å². The SMILES string of the molecule is Cc1nc(N)cc(Sc2n[nH]c(=O)n2C2CC2)n1. The zero-order valence-corrected chi connectivity index (χ0v) is 10.6. The van der Waals surface area contributed by atoms with E-state index in [2.05, 4.69) is 20.2 Å². The number of aromatic amines is 1. The highest BCUT2D eigenvalue weighted by molar-refractivity contribution is 7.99. The molecule has 0 unspecified atom stereocenters. The number of hydrogen-bond acceptors (Lipinski definition) is 6. The molecule has 0 saturated heterocycles. The van der Waals surface area contributed by atoms with Crippen LogP contribution in [0.1, 0.15) is 24.7 Å². The molecule has 0 bridgehead atoms. The fraction of sp³-hybridized carbons (Fsp3) is 0.400. The summed E-state index contributed by atoms with van der Waals surface area (Å²) in [5.74, 6) is 1.02. The van der Waals surface area contributed by atoms with Crippen LogP contribution >= 0.6 is 11.8 Å². The summed E-state index contributed by atoms with van der Waals surface area (Å²) in [5.41, 5.74) is 5.50. The Bertz CT molecular complexity index is 624. The van der Waals surface area contributed by atoms with Gasteiger partial charge in [-0.25, -0.2) is 19.9 Å². The Morgan fingerprint density at radius 1 is 1.50 bits per heavy atom. The molecule has 3 rings (SSSR count). The highest BCUT2D eigenvalue weighted by atomic mass is 32.2. The molecule has 2 aromatic rings. The van der Waals surface area contributed by atoms with E-state index in [9.17, 15) is 4.79 Å². The van der Waals surface area contributed by atoms with Gasteiger partial charge in [0.15, 0.2) is 5.16 Å². The van der Waals surface area contributed by atoms with Crippen LogP contribution in [0.15, 0.2) is 21.0 Å². The third-order valence-corrected chi connectivity index (χ3v) is 3.50. The molecule has 3 N–H and O–H groups in total. The van der Waals surface area contributed by atoms with E-state index < -0.39 is 0 Å². The van der Waals surface area contributed by atoms with E-state index in [1.165, 1.54) is 11.8 Å². The maximum atomic E-state index is 11.6. The van der Waals surface area contributed by atoms with Crippen molar-refractivity contribution in [3.63, 3.8) is 0 Å². The van der Waals surface area contributed by atoms with Gasteiger partial charge in [0.2, 0.25) is 0 Å². The third kappa shape index (κ3) is 2.10. The maximum absolute atomic E-state index is 11.6. The van der Waals surface area contributed by atoms with E-state index in [-0.39, 0.29) is 11.7 Å². The number of nitrogen functional groups attached to an aromatic ring is 1. The van der Waals surface area contributed by atoms with Gasteiger partial charge in [0.25, 0.3) is 0 Å². The molecule has 1 aliphatic rings. The Hall–Kier alpha value is -1.83. The first-order valence-corrected chi connectivity index (χ1v) is 6.41. The van der Waals surface area contributed by atoms with E-state index in [1.54, 1.807) is 17.6 Å². The van der Waals surface area contributed by atoms with E-state index in [1.807, 2.05) is 0 Å². The van der Waals surface area contributed by atoms with Crippen LogP contribution in [-0.2, 0) is 0 Å². The second kappa shape index (κ2) is 4.13. The van der Waals surface area contributed by atoms with Gasteiger partial charge in [0.05, 0.1) is 0 Å². The second-order valence-corrected chi connectivity index (χ2v) is 5.18. The summed E-state index contributed by atoms with van der Waals surface area (Å²) in [7, 11) is 0. The number of nitrogens with one attached hydrogen (secondary N) is 1. The molecule has 8 heteroatoms. The molecule has 0 amide bonds. The number of hydrogen-bond donors (Lipinski definition) is 2. The Labute approximate surface area is 107 Å². The average Bonchev–Trinajstić information content (AvgIpc) is 3.04. The van der Waals surface area contributed by atoms with Gasteiger partial charge in [-0.15, -0.1) is 5.10 Å². The zero-order valence-electron chi connectivity index (χ0n) is 9.75. The number of aryl methyl sites for hydroxylation is 1. The van der Waals surface area contributed by atoms with Gasteiger partial charge in [-0.2, -0.15) is 0 Å². The maximum Gasteiger partial charge on any atom is 0.344 e. The van der Waals surface area contributed by atoms with Gasteiger partial charge in [-0.05, 0) is 31.5 Å². The van der Waals surface area contributed by atoms with Gasteiger partial charge >= 0.3 is 5.69 Å². The molecular weight excluding hydrogens is 252 g/mol. The summed E-state index contributed by atoms with van der Waals surface area (Å²) in [6.07, 6.45) is 2.05. The van der Waals surface area contributed by atoms with Gasteiger partial charge in [-0.3, -0.25) is 4.57 Å². The lowest BCUT2D eigenvalue weighted by molar-refractivity contribution is 0.642. The predicted octanol–water partition coefficient (Wildman–Crippen LogP) is 0.738. The largest absolute Gasteiger partial charge is 0.384 e. The Kier molecular flexibility index (Phi) is 2.58. The molecule has 0 aliphatic heterocycles. The summed E-state index contributed by atoms with van der Waals surface area (Å²) < 4.78 is 1.68. The summed E-state index contributed by atoms with van der Waals surface area (Å²) in [6, 6.07) is 1.95. The molecule has 94 valence electrons. The zero-order chi connectivity index (χ0) is 12.7. The lowest BCUT2D eigenvalue weighted by Crippen LogP contribution is -2.16. The molecule has 18 heavy (non-hydrogen) atoms. The molecule has 1 fully saturated rings. The van der Waals surface area contributed by atoms with Crippen LogP contribution in [0.2, 0.25) is 0 Å². The normalized spacial score (nSPS) is 14.9. The molecule has 2 aromatic heterocycles. The summed E-state index contributed by atoms with van der Waals surface area (Å²) in [5, 5.41) is 7.81. The molecule has 1 aliphatic carbocycles. The van der Waals surface area contributed by atoms with Crippen molar-refractivity contribution in [1.82, 2.24) is 24.7 Å². The summed E-state index contributed by atoms with van der Waals surface area (Å²) >= 11 is 1.32. The molecule has 0 atom stereocenters. The summed E-state index contributed by atoms with van der Waals surface area (Å²) in [4.78, 5) is 19.9. The topological polar surface area (TPSA) is 102 Å². The number of anilines is 1. The van der Waals surface area contributed by atoms with E-state index >= 15 is 0 Å². The number of aromatic nitrogens is 5. The molecule has 7 nitrogen and oxygen atoms in total. The van der Waals surface area contributed by atoms with Crippen molar-refractivity contribution in [1.29, 1.82) is 0 Å². The molecule has 0 radical (unpaired) electrons. The minimum atomic E-state index is -0.168. The van der Waals surface area contributed by atoms with E-state index in [0.29, 0.717) is 21.8 Å². The lowest BCUT2D eigenvalue weighted by Gasteiger charge is -2.04. The van der Waals surface area contributed by atoms with E-state index in [0.717, 1.165) is 12.8 Å². The first-order chi connectivity index (χ1) is 8.63. The van der Waals surface area contributed by atoms with Crippen molar-refractivity contribution in [2.45, 2.75) is 36.0 Å². The highest BCUT2D eigenvalue weighted by Crippen LogP contribution is 2.37. The first-order valence-electron chi connectivity index (χ1n) is 5.59. The second-order valence-electron chi connectivity index (χ2n) is 4.19. The Morgan fingerprint density at radius 2 is 2.28 bits per heavy atom. The van der Waals surface area contributed by atoms with Gasteiger partial charge in [0, 0.05) is 12.1 Å². The van der Waals surface area contributed by atoms with Crippen LogP contribution in [0.25, 0.3) is 0 Å². The lowest BCUT2D eigenvalue weighted by atomic mass is 10.5. The minimum Gasteiger partial charge on any atom is -0.384 e. The van der Waals surface area contributed by atoms with E-state index in [4.69, 9.17) is 5.73 Å². The summed E-state index contributed by atoms with van der Waals surface area (Å²) in [6.45, 7) is 1.78. The highest BCUT2D eigenvalue weighted by Gasteiger charge is 2.28. The van der Waals surface area contributed by atoms with Crippen molar-refractivity contribution < 1.29 is 0 Å². The van der Waals surface area contributed by atoms with Crippen molar-refractivity contribution in [2.75, 3.05) is 5.73 Å². The van der Waals surface area contributed by atoms with Crippen molar-refractivity contribution in [3.05, 3.63) is 22.4 Å².